The SMILES string of the molecule is CN(Cc1cccc(Br)c1)c1ccc(Cl)c(C(=O)O)n1. The van der Waals surface area contributed by atoms with Crippen molar-refractivity contribution < 1.29 is 9.90 Å². The Balaban J connectivity index is 2.23. The van der Waals surface area contributed by atoms with Crippen molar-refractivity contribution in [2.45, 2.75) is 6.54 Å². The minimum absolute atomic E-state index is 0.134. The van der Waals surface area contributed by atoms with Gasteiger partial charge in [-0.2, -0.15) is 0 Å². The molecular formula is C14H12BrClN2O2. The first-order valence-electron chi connectivity index (χ1n) is 5.83. The van der Waals surface area contributed by atoms with Gasteiger partial charge in [-0.25, -0.2) is 9.78 Å². The lowest BCUT2D eigenvalue weighted by Crippen LogP contribution is -2.18. The first-order valence-corrected chi connectivity index (χ1v) is 7.00. The van der Waals surface area contributed by atoms with Crippen LogP contribution >= 0.6 is 27.5 Å². The minimum Gasteiger partial charge on any atom is -0.476 e. The lowest BCUT2D eigenvalue weighted by Gasteiger charge is -2.19. The number of halogens is 2. The molecule has 0 fully saturated rings. The molecule has 1 aromatic heterocycles. The first kappa shape index (κ1) is 14.8. The number of anilines is 1. The molecular weight excluding hydrogens is 344 g/mol. The normalized spacial score (nSPS) is 10.3. The van der Waals surface area contributed by atoms with E-state index in [2.05, 4.69) is 20.9 Å². The van der Waals surface area contributed by atoms with Crippen LogP contribution in [-0.4, -0.2) is 23.1 Å². The van der Waals surface area contributed by atoms with Crippen molar-refractivity contribution in [3.63, 3.8) is 0 Å². The molecule has 104 valence electrons. The fourth-order valence-electron chi connectivity index (χ4n) is 1.78. The standard InChI is InChI=1S/C14H12BrClN2O2/c1-18(8-9-3-2-4-10(15)7-9)12-6-5-11(16)13(17-12)14(19)20/h2-7H,8H2,1H3,(H,19,20). The molecule has 0 radical (unpaired) electrons. The van der Waals surface area contributed by atoms with Crippen molar-refractivity contribution in [1.82, 2.24) is 4.98 Å². The summed E-state index contributed by atoms with van der Waals surface area (Å²) in [5, 5.41) is 9.16. The predicted molar refractivity (Wildman–Crippen MR) is 82.5 cm³/mol. The Morgan fingerprint density at radius 1 is 1.40 bits per heavy atom. The molecule has 6 heteroatoms. The van der Waals surface area contributed by atoms with Gasteiger partial charge in [0.25, 0.3) is 0 Å². The van der Waals surface area contributed by atoms with E-state index in [0.29, 0.717) is 12.4 Å². The number of nitrogens with zero attached hydrogens (tertiary/aromatic N) is 2. The van der Waals surface area contributed by atoms with Gasteiger partial charge in [0.15, 0.2) is 5.69 Å². The Morgan fingerprint density at radius 3 is 2.80 bits per heavy atom. The van der Waals surface area contributed by atoms with E-state index in [0.717, 1.165) is 10.0 Å². The number of benzene rings is 1. The molecule has 0 aliphatic carbocycles. The smallest absolute Gasteiger partial charge is 0.356 e. The number of pyridine rings is 1. The quantitative estimate of drug-likeness (QED) is 0.905. The van der Waals surface area contributed by atoms with E-state index in [9.17, 15) is 4.79 Å². The summed E-state index contributed by atoms with van der Waals surface area (Å²) in [6, 6.07) is 11.1. The third-order valence-electron chi connectivity index (χ3n) is 2.73. The summed E-state index contributed by atoms with van der Waals surface area (Å²) in [5.41, 5.74) is 0.959. The molecule has 0 saturated carbocycles. The zero-order valence-electron chi connectivity index (χ0n) is 10.7. The molecule has 0 aliphatic heterocycles. The van der Waals surface area contributed by atoms with Gasteiger partial charge in [0.2, 0.25) is 0 Å². The summed E-state index contributed by atoms with van der Waals surface area (Å²) in [7, 11) is 1.85. The average molecular weight is 356 g/mol. The molecule has 0 amide bonds. The predicted octanol–water partition coefficient (Wildman–Crippen LogP) is 3.83. The van der Waals surface area contributed by atoms with Gasteiger partial charge in [0, 0.05) is 18.1 Å². The molecule has 0 spiro atoms. The Morgan fingerprint density at radius 2 is 2.15 bits per heavy atom. The van der Waals surface area contributed by atoms with Gasteiger partial charge in [0.1, 0.15) is 5.82 Å². The van der Waals surface area contributed by atoms with Gasteiger partial charge in [-0.15, -0.1) is 0 Å². The largest absolute Gasteiger partial charge is 0.476 e. The highest BCUT2D eigenvalue weighted by Gasteiger charge is 2.13. The summed E-state index contributed by atoms with van der Waals surface area (Å²) in [5.74, 6) is -0.570. The van der Waals surface area contributed by atoms with Crippen LogP contribution in [-0.2, 0) is 6.54 Å². The fourth-order valence-corrected chi connectivity index (χ4v) is 2.42. The monoisotopic (exact) mass is 354 g/mol. The van der Waals surface area contributed by atoms with Crippen LogP contribution in [0.3, 0.4) is 0 Å². The van der Waals surface area contributed by atoms with Crippen LogP contribution in [0.15, 0.2) is 40.9 Å². The van der Waals surface area contributed by atoms with Crippen LogP contribution in [0, 0.1) is 0 Å². The fraction of sp³-hybridized carbons (Fsp3) is 0.143. The number of carboxylic acids is 1. The van der Waals surface area contributed by atoms with E-state index >= 15 is 0 Å². The van der Waals surface area contributed by atoms with Crippen molar-refractivity contribution in [3.05, 3.63) is 57.2 Å². The van der Waals surface area contributed by atoms with Gasteiger partial charge >= 0.3 is 5.97 Å². The summed E-state index contributed by atoms with van der Waals surface area (Å²) < 4.78 is 0.999. The highest BCUT2D eigenvalue weighted by atomic mass is 79.9. The first-order chi connectivity index (χ1) is 9.47. The van der Waals surface area contributed by atoms with Crippen LogP contribution in [0.5, 0.6) is 0 Å². The molecule has 1 heterocycles. The summed E-state index contributed by atoms with van der Waals surface area (Å²) in [6.07, 6.45) is 0. The van der Waals surface area contributed by atoms with Crippen molar-refractivity contribution in [2.75, 3.05) is 11.9 Å². The molecule has 2 rings (SSSR count). The van der Waals surface area contributed by atoms with Gasteiger partial charge in [-0.3, -0.25) is 0 Å². The van der Waals surface area contributed by atoms with Crippen molar-refractivity contribution >= 4 is 39.3 Å². The number of aromatic nitrogens is 1. The van der Waals surface area contributed by atoms with Crippen molar-refractivity contribution in [3.8, 4) is 0 Å². The van der Waals surface area contributed by atoms with Crippen LogP contribution in [0.25, 0.3) is 0 Å². The molecule has 1 aromatic carbocycles. The second-order valence-electron chi connectivity index (χ2n) is 4.29. The van der Waals surface area contributed by atoms with Crippen molar-refractivity contribution in [1.29, 1.82) is 0 Å². The van der Waals surface area contributed by atoms with E-state index < -0.39 is 5.97 Å². The lowest BCUT2D eigenvalue weighted by molar-refractivity contribution is 0.0691. The van der Waals surface area contributed by atoms with Crippen LogP contribution in [0.4, 0.5) is 5.82 Å². The maximum atomic E-state index is 11.0. The third-order valence-corrected chi connectivity index (χ3v) is 3.53. The number of aromatic carboxylic acids is 1. The highest BCUT2D eigenvalue weighted by molar-refractivity contribution is 9.10. The van der Waals surface area contributed by atoms with E-state index in [1.807, 2.05) is 36.2 Å². The number of rotatable bonds is 4. The van der Waals surface area contributed by atoms with Gasteiger partial charge < -0.3 is 10.0 Å². The zero-order valence-corrected chi connectivity index (χ0v) is 13.0. The number of carboxylic acid groups (broad SMARTS) is 1. The highest BCUT2D eigenvalue weighted by Crippen LogP contribution is 2.20. The maximum absolute atomic E-state index is 11.0. The molecule has 0 bridgehead atoms. The van der Waals surface area contributed by atoms with E-state index in [-0.39, 0.29) is 10.7 Å². The van der Waals surface area contributed by atoms with Crippen LogP contribution in [0.1, 0.15) is 16.1 Å². The third kappa shape index (κ3) is 3.49. The van der Waals surface area contributed by atoms with Gasteiger partial charge in [-0.05, 0) is 29.8 Å². The molecule has 0 saturated heterocycles. The Hall–Kier alpha value is -1.59. The van der Waals surface area contributed by atoms with E-state index in [1.165, 1.54) is 0 Å². The molecule has 2 aromatic rings. The molecule has 20 heavy (non-hydrogen) atoms. The van der Waals surface area contributed by atoms with E-state index in [1.54, 1.807) is 12.1 Å². The average Bonchev–Trinajstić information content (AvgIpc) is 2.38. The molecule has 1 N–H and O–H groups in total. The number of carbonyl (C=O) groups is 1. The van der Waals surface area contributed by atoms with Gasteiger partial charge in [-0.1, -0.05) is 39.7 Å². The zero-order chi connectivity index (χ0) is 14.7. The summed E-state index contributed by atoms with van der Waals surface area (Å²) in [6.45, 7) is 0.618. The van der Waals surface area contributed by atoms with E-state index in [4.69, 9.17) is 16.7 Å². The lowest BCUT2D eigenvalue weighted by atomic mass is 10.2. The molecule has 0 unspecified atom stereocenters. The number of hydrogen-bond acceptors (Lipinski definition) is 3. The minimum atomic E-state index is -1.13. The Labute approximate surface area is 130 Å². The van der Waals surface area contributed by atoms with Crippen molar-refractivity contribution in [2.24, 2.45) is 0 Å². The van der Waals surface area contributed by atoms with Crippen LogP contribution < -0.4 is 4.90 Å². The summed E-state index contributed by atoms with van der Waals surface area (Å²) in [4.78, 5) is 17.0. The second-order valence-corrected chi connectivity index (χ2v) is 5.61. The molecule has 4 nitrogen and oxygen atoms in total. The number of hydrogen-bond donors (Lipinski definition) is 1. The Kier molecular flexibility index (Phi) is 4.62. The maximum Gasteiger partial charge on any atom is 0.356 e. The summed E-state index contributed by atoms with van der Waals surface area (Å²) >= 11 is 9.23. The molecule has 0 aliphatic rings. The second kappa shape index (κ2) is 6.24. The van der Waals surface area contributed by atoms with Crippen LogP contribution in [0.2, 0.25) is 5.02 Å². The topological polar surface area (TPSA) is 53.4 Å². The molecule has 0 atom stereocenters. The Bertz CT molecular complexity index is 649. The van der Waals surface area contributed by atoms with Gasteiger partial charge in [0.05, 0.1) is 5.02 Å².